The quantitative estimate of drug-likeness (QED) is 0.741. The van der Waals surface area contributed by atoms with Crippen molar-refractivity contribution in [1.29, 1.82) is 0 Å². The van der Waals surface area contributed by atoms with Crippen molar-refractivity contribution in [1.82, 2.24) is 4.31 Å². The Morgan fingerprint density at radius 3 is 2.35 bits per heavy atom. The normalized spacial score (nSPS) is 11.5. The number of hydrogen-bond donors (Lipinski definition) is 1. The van der Waals surface area contributed by atoms with Gasteiger partial charge in [-0.1, -0.05) is 37.9 Å². The van der Waals surface area contributed by atoms with Crippen molar-refractivity contribution in [2.75, 3.05) is 18.9 Å². The van der Waals surface area contributed by atoms with Crippen LogP contribution >= 0.6 is 31.9 Å². The van der Waals surface area contributed by atoms with Crippen LogP contribution in [0.4, 0.5) is 5.69 Å². The minimum atomic E-state index is -3.71. The molecule has 0 unspecified atom stereocenters. The largest absolute Gasteiger partial charge is 0.325 e. The highest BCUT2D eigenvalue weighted by Crippen LogP contribution is 2.18. The minimum Gasteiger partial charge on any atom is -0.325 e. The summed E-state index contributed by atoms with van der Waals surface area (Å²) in [6.45, 7) is -0.273. The molecule has 0 radical (unpaired) electrons. The van der Waals surface area contributed by atoms with Crippen molar-refractivity contribution < 1.29 is 13.2 Å². The maximum atomic E-state index is 12.4. The fourth-order valence-corrected chi connectivity index (χ4v) is 3.63. The third kappa shape index (κ3) is 4.87. The summed E-state index contributed by atoms with van der Waals surface area (Å²) in [6, 6.07) is 13.3. The number of carbonyl (C=O) groups excluding carboxylic acids is 1. The van der Waals surface area contributed by atoms with Gasteiger partial charge in [0.25, 0.3) is 0 Å². The third-order valence-electron chi connectivity index (χ3n) is 3.00. The first-order chi connectivity index (χ1) is 10.8. The van der Waals surface area contributed by atoms with Gasteiger partial charge in [0.15, 0.2) is 0 Å². The summed E-state index contributed by atoms with van der Waals surface area (Å²) in [4.78, 5) is 12.2. The van der Waals surface area contributed by atoms with Crippen LogP contribution in [0.15, 0.2) is 62.4 Å². The Bertz CT molecular complexity index is 808. The van der Waals surface area contributed by atoms with Crippen LogP contribution in [0, 0.1) is 0 Å². The molecule has 2 aromatic rings. The van der Waals surface area contributed by atoms with E-state index in [1.54, 1.807) is 30.3 Å². The van der Waals surface area contributed by atoms with Gasteiger partial charge in [-0.15, -0.1) is 0 Å². The molecule has 1 amide bonds. The molecule has 5 nitrogen and oxygen atoms in total. The summed E-state index contributed by atoms with van der Waals surface area (Å²) >= 11 is 6.57. The number of likely N-dealkylation sites (N-methyl/N-ethyl adjacent to an activating group) is 1. The van der Waals surface area contributed by atoms with Gasteiger partial charge in [-0.3, -0.25) is 4.79 Å². The van der Waals surface area contributed by atoms with Crippen LogP contribution in [-0.2, 0) is 14.8 Å². The summed E-state index contributed by atoms with van der Waals surface area (Å²) in [6.07, 6.45) is 0. The number of nitrogens with one attached hydrogen (secondary N) is 1. The van der Waals surface area contributed by atoms with E-state index in [9.17, 15) is 13.2 Å². The Morgan fingerprint density at radius 2 is 1.74 bits per heavy atom. The van der Waals surface area contributed by atoms with Crippen LogP contribution in [0.3, 0.4) is 0 Å². The molecule has 0 aliphatic carbocycles. The molecule has 0 fully saturated rings. The SMILES string of the molecule is CN(CC(=O)Nc1cccc(Br)c1)S(=O)(=O)c1ccc(Br)cc1. The number of carbonyl (C=O) groups is 1. The van der Waals surface area contributed by atoms with E-state index in [1.165, 1.54) is 19.2 Å². The molecule has 8 heteroatoms. The third-order valence-corrected chi connectivity index (χ3v) is 5.84. The second-order valence-electron chi connectivity index (χ2n) is 4.77. The molecule has 122 valence electrons. The molecule has 2 rings (SSSR count). The summed E-state index contributed by atoms with van der Waals surface area (Å²) in [5.41, 5.74) is 0.596. The highest BCUT2D eigenvalue weighted by atomic mass is 79.9. The molecule has 2 aromatic carbocycles. The van der Waals surface area contributed by atoms with E-state index in [-0.39, 0.29) is 11.4 Å². The molecule has 0 saturated heterocycles. The predicted octanol–water partition coefficient (Wildman–Crippen LogP) is 3.47. The van der Waals surface area contributed by atoms with Gasteiger partial charge >= 0.3 is 0 Å². The number of nitrogens with zero attached hydrogens (tertiary/aromatic N) is 1. The van der Waals surface area contributed by atoms with Gasteiger partial charge in [-0.2, -0.15) is 4.31 Å². The van der Waals surface area contributed by atoms with Crippen molar-refractivity contribution in [3.8, 4) is 0 Å². The van der Waals surface area contributed by atoms with Gasteiger partial charge in [0, 0.05) is 21.7 Å². The average Bonchev–Trinajstić information content (AvgIpc) is 2.47. The zero-order valence-electron chi connectivity index (χ0n) is 12.2. The lowest BCUT2D eigenvalue weighted by molar-refractivity contribution is -0.116. The van der Waals surface area contributed by atoms with Gasteiger partial charge in [0.1, 0.15) is 0 Å². The van der Waals surface area contributed by atoms with E-state index in [4.69, 9.17) is 0 Å². The van der Waals surface area contributed by atoms with Crippen molar-refractivity contribution >= 4 is 53.5 Å². The number of halogens is 2. The molecule has 0 aromatic heterocycles. The van der Waals surface area contributed by atoms with Crippen molar-refractivity contribution in [3.63, 3.8) is 0 Å². The van der Waals surface area contributed by atoms with Gasteiger partial charge in [0.05, 0.1) is 11.4 Å². The molecular weight excluding hydrogens is 448 g/mol. The highest BCUT2D eigenvalue weighted by Gasteiger charge is 2.22. The summed E-state index contributed by atoms with van der Waals surface area (Å²) < 4.78 is 27.4. The second kappa shape index (κ2) is 7.57. The predicted molar refractivity (Wildman–Crippen MR) is 96.7 cm³/mol. The number of hydrogen-bond acceptors (Lipinski definition) is 3. The molecule has 0 saturated carbocycles. The van der Waals surface area contributed by atoms with Crippen LogP contribution in [0.25, 0.3) is 0 Å². The zero-order chi connectivity index (χ0) is 17.0. The highest BCUT2D eigenvalue weighted by molar-refractivity contribution is 9.10. The Labute approximate surface area is 152 Å². The van der Waals surface area contributed by atoms with Crippen molar-refractivity contribution in [2.45, 2.75) is 4.90 Å². The van der Waals surface area contributed by atoms with Crippen molar-refractivity contribution in [2.24, 2.45) is 0 Å². The lowest BCUT2D eigenvalue weighted by Gasteiger charge is -2.17. The summed E-state index contributed by atoms with van der Waals surface area (Å²) in [5.74, 6) is -0.411. The topological polar surface area (TPSA) is 66.5 Å². The monoisotopic (exact) mass is 460 g/mol. The molecule has 0 atom stereocenters. The lowest BCUT2D eigenvalue weighted by Crippen LogP contribution is -2.34. The summed E-state index contributed by atoms with van der Waals surface area (Å²) in [7, 11) is -2.34. The smallest absolute Gasteiger partial charge is 0.243 e. The molecule has 0 aliphatic rings. The van der Waals surface area contributed by atoms with Gasteiger partial charge in [-0.25, -0.2) is 8.42 Å². The maximum absolute atomic E-state index is 12.4. The van der Waals surface area contributed by atoms with E-state index in [2.05, 4.69) is 37.2 Å². The Morgan fingerprint density at radius 1 is 1.09 bits per heavy atom. The number of anilines is 1. The molecule has 0 spiro atoms. The van der Waals surface area contributed by atoms with E-state index in [1.807, 2.05) is 6.07 Å². The Kier molecular flexibility index (Phi) is 5.96. The first kappa shape index (κ1) is 18.1. The summed E-state index contributed by atoms with van der Waals surface area (Å²) in [5, 5.41) is 2.66. The van der Waals surface area contributed by atoms with E-state index >= 15 is 0 Å². The second-order valence-corrected chi connectivity index (χ2v) is 8.65. The van der Waals surface area contributed by atoms with Crippen LogP contribution < -0.4 is 5.32 Å². The number of benzene rings is 2. The first-order valence-corrected chi connectivity index (χ1v) is 9.59. The molecule has 0 bridgehead atoms. The van der Waals surface area contributed by atoms with Gasteiger partial charge < -0.3 is 5.32 Å². The fourth-order valence-electron chi connectivity index (χ4n) is 1.84. The minimum absolute atomic E-state index is 0.137. The number of rotatable bonds is 5. The van der Waals surface area contributed by atoms with E-state index in [0.29, 0.717) is 5.69 Å². The first-order valence-electron chi connectivity index (χ1n) is 6.56. The Hall–Kier alpha value is -1.22. The van der Waals surface area contributed by atoms with Crippen LogP contribution in [0.1, 0.15) is 0 Å². The van der Waals surface area contributed by atoms with E-state index in [0.717, 1.165) is 13.3 Å². The van der Waals surface area contributed by atoms with E-state index < -0.39 is 15.9 Å². The number of sulfonamides is 1. The van der Waals surface area contributed by atoms with Crippen LogP contribution in [-0.4, -0.2) is 32.2 Å². The lowest BCUT2D eigenvalue weighted by atomic mass is 10.3. The average molecular weight is 462 g/mol. The molecule has 0 aliphatic heterocycles. The Balaban J connectivity index is 2.06. The fraction of sp³-hybridized carbons (Fsp3) is 0.133. The molecule has 0 heterocycles. The molecule has 1 N–H and O–H groups in total. The van der Waals surface area contributed by atoms with Crippen LogP contribution in [0.2, 0.25) is 0 Å². The maximum Gasteiger partial charge on any atom is 0.243 e. The zero-order valence-corrected chi connectivity index (χ0v) is 16.2. The molecule has 23 heavy (non-hydrogen) atoms. The van der Waals surface area contributed by atoms with Crippen molar-refractivity contribution in [3.05, 3.63) is 57.5 Å². The van der Waals surface area contributed by atoms with Crippen LogP contribution in [0.5, 0.6) is 0 Å². The number of amides is 1. The van der Waals surface area contributed by atoms with Gasteiger partial charge in [0.2, 0.25) is 15.9 Å². The van der Waals surface area contributed by atoms with Gasteiger partial charge in [-0.05, 0) is 42.5 Å². The standard InChI is InChI=1S/C15H14Br2N2O3S/c1-19(23(21,22)14-7-5-11(16)6-8-14)10-15(20)18-13-4-2-3-12(17)9-13/h2-9H,10H2,1H3,(H,18,20). The molecular formula is C15H14Br2N2O3S.